The summed E-state index contributed by atoms with van der Waals surface area (Å²) in [7, 11) is 1.59. The van der Waals surface area contributed by atoms with Crippen LogP contribution in [0.15, 0.2) is 24.5 Å². The van der Waals surface area contributed by atoms with Crippen LogP contribution in [0, 0.1) is 0 Å². The molecule has 1 saturated heterocycles. The van der Waals surface area contributed by atoms with Gasteiger partial charge in [0, 0.05) is 30.4 Å². The van der Waals surface area contributed by atoms with Crippen LogP contribution in [0.2, 0.25) is 0 Å². The molecule has 3 heterocycles. The van der Waals surface area contributed by atoms with Gasteiger partial charge >= 0.3 is 6.09 Å². The molecule has 10 nitrogen and oxygen atoms in total. The number of amides is 1. The second-order valence-electron chi connectivity index (χ2n) is 8.91. The zero-order chi connectivity index (χ0) is 23.0. The Morgan fingerprint density at radius 3 is 2.53 bits per heavy atom. The van der Waals surface area contributed by atoms with E-state index in [9.17, 15) is 4.79 Å². The van der Waals surface area contributed by atoms with Gasteiger partial charge in [0.2, 0.25) is 0 Å². The van der Waals surface area contributed by atoms with E-state index in [-0.39, 0.29) is 12.1 Å². The van der Waals surface area contributed by atoms with E-state index < -0.39 is 5.60 Å². The minimum atomic E-state index is -0.520. The molecule has 170 valence electrons. The molecular weight excluding hydrogens is 410 g/mol. The highest BCUT2D eigenvalue weighted by atomic mass is 16.6. The van der Waals surface area contributed by atoms with Crippen LogP contribution in [0.1, 0.15) is 39.7 Å². The van der Waals surface area contributed by atoms with E-state index >= 15 is 0 Å². The number of fused-ring (bicyclic) bond motifs is 1. The molecule has 0 bridgehead atoms. The Morgan fingerprint density at radius 1 is 1.16 bits per heavy atom. The average molecular weight is 440 g/mol. The standard InChI is InChI=1S/C22H29N7O3/c1-22(2,3)32-21(30)28-9-7-14(8-10-28)29-20-17(19(24)25-12-26-20)18(27-29)15-6-5-13(23)11-16(15)31-4/h5-6,11-12,14H,7-10,23H2,1-4H3,(H2,24,25,26). The van der Waals surface area contributed by atoms with Crippen molar-refractivity contribution >= 4 is 28.6 Å². The first kappa shape index (κ1) is 21.7. The van der Waals surface area contributed by atoms with Gasteiger partial charge in [-0.3, -0.25) is 0 Å². The molecule has 1 aliphatic rings. The summed E-state index contributed by atoms with van der Waals surface area (Å²) in [6.07, 6.45) is 2.59. The van der Waals surface area contributed by atoms with Crippen molar-refractivity contribution in [1.29, 1.82) is 0 Å². The van der Waals surface area contributed by atoms with Crippen LogP contribution in [0.25, 0.3) is 22.3 Å². The highest BCUT2D eigenvalue weighted by Crippen LogP contribution is 2.38. The van der Waals surface area contributed by atoms with Crippen molar-refractivity contribution in [3.05, 3.63) is 24.5 Å². The van der Waals surface area contributed by atoms with Crippen molar-refractivity contribution in [2.24, 2.45) is 0 Å². The minimum Gasteiger partial charge on any atom is -0.496 e. The van der Waals surface area contributed by atoms with Gasteiger partial charge in [0.15, 0.2) is 5.65 Å². The number of nitrogen functional groups attached to an aromatic ring is 2. The number of ether oxygens (including phenoxy) is 2. The first-order valence-corrected chi connectivity index (χ1v) is 10.6. The molecule has 2 aromatic heterocycles. The summed E-state index contributed by atoms with van der Waals surface area (Å²) in [5.41, 5.74) is 14.3. The molecule has 4 N–H and O–H groups in total. The second kappa shape index (κ2) is 8.18. The number of nitrogens with zero attached hydrogens (tertiary/aromatic N) is 5. The van der Waals surface area contributed by atoms with Crippen LogP contribution < -0.4 is 16.2 Å². The van der Waals surface area contributed by atoms with Gasteiger partial charge in [-0.2, -0.15) is 5.10 Å². The number of nitrogens with two attached hydrogens (primary N) is 2. The summed E-state index contributed by atoms with van der Waals surface area (Å²) in [4.78, 5) is 22.8. The molecule has 3 aromatic rings. The molecule has 0 spiro atoms. The third-order valence-electron chi connectivity index (χ3n) is 5.46. The predicted octanol–water partition coefficient (Wildman–Crippen LogP) is 3.24. The summed E-state index contributed by atoms with van der Waals surface area (Å²) < 4.78 is 12.9. The van der Waals surface area contributed by atoms with Gasteiger partial charge in [-0.05, 0) is 45.7 Å². The number of benzene rings is 1. The van der Waals surface area contributed by atoms with E-state index in [4.69, 9.17) is 26.0 Å². The van der Waals surface area contributed by atoms with Crippen molar-refractivity contribution in [1.82, 2.24) is 24.6 Å². The quantitative estimate of drug-likeness (QED) is 0.594. The fourth-order valence-electron chi connectivity index (χ4n) is 3.96. The molecule has 1 aromatic carbocycles. The highest BCUT2D eigenvalue weighted by molar-refractivity contribution is 5.99. The lowest BCUT2D eigenvalue weighted by Crippen LogP contribution is -2.42. The maximum Gasteiger partial charge on any atom is 0.410 e. The summed E-state index contributed by atoms with van der Waals surface area (Å²) in [5, 5.41) is 5.56. The van der Waals surface area contributed by atoms with Gasteiger partial charge in [-0.15, -0.1) is 0 Å². The Labute approximate surface area is 186 Å². The maximum atomic E-state index is 12.4. The number of aromatic nitrogens is 4. The third kappa shape index (κ3) is 4.12. The van der Waals surface area contributed by atoms with Gasteiger partial charge in [-0.25, -0.2) is 19.4 Å². The number of hydrogen-bond acceptors (Lipinski definition) is 8. The van der Waals surface area contributed by atoms with Gasteiger partial charge in [0.05, 0.1) is 18.5 Å². The number of rotatable bonds is 3. The van der Waals surface area contributed by atoms with E-state index in [2.05, 4.69) is 9.97 Å². The zero-order valence-electron chi connectivity index (χ0n) is 18.8. The fraction of sp³-hybridized carbons (Fsp3) is 0.455. The Kier molecular flexibility index (Phi) is 5.53. The van der Waals surface area contributed by atoms with Crippen LogP contribution in [-0.2, 0) is 4.74 Å². The van der Waals surface area contributed by atoms with Crippen LogP contribution in [0.3, 0.4) is 0 Å². The molecule has 32 heavy (non-hydrogen) atoms. The Morgan fingerprint density at radius 2 is 1.88 bits per heavy atom. The Balaban J connectivity index is 1.67. The molecule has 4 rings (SSSR count). The molecule has 1 aliphatic heterocycles. The van der Waals surface area contributed by atoms with E-state index in [1.807, 2.05) is 31.5 Å². The minimum absolute atomic E-state index is 0.0546. The van der Waals surface area contributed by atoms with Crippen LogP contribution in [0.5, 0.6) is 5.75 Å². The smallest absolute Gasteiger partial charge is 0.410 e. The molecule has 0 atom stereocenters. The van der Waals surface area contributed by atoms with Gasteiger partial charge in [0.1, 0.15) is 29.2 Å². The molecule has 0 saturated carbocycles. The molecule has 0 radical (unpaired) electrons. The van der Waals surface area contributed by atoms with Gasteiger partial charge in [0.25, 0.3) is 0 Å². The van der Waals surface area contributed by atoms with Crippen molar-refractivity contribution in [2.45, 2.75) is 45.3 Å². The predicted molar refractivity (Wildman–Crippen MR) is 122 cm³/mol. The largest absolute Gasteiger partial charge is 0.496 e. The summed E-state index contributed by atoms with van der Waals surface area (Å²) in [5.74, 6) is 0.945. The SMILES string of the molecule is COc1cc(N)ccc1-c1nn(C2CCN(C(=O)OC(C)(C)C)CC2)c2ncnc(N)c12. The summed E-state index contributed by atoms with van der Waals surface area (Å²) in [6.45, 7) is 6.74. The van der Waals surface area contributed by atoms with Crippen LogP contribution in [-0.4, -0.2) is 56.5 Å². The molecule has 0 unspecified atom stereocenters. The lowest BCUT2D eigenvalue weighted by Gasteiger charge is -2.33. The molecule has 1 amide bonds. The molecule has 0 aliphatic carbocycles. The van der Waals surface area contributed by atoms with Crippen molar-refractivity contribution in [3.63, 3.8) is 0 Å². The second-order valence-corrected chi connectivity index (χ2v) is 8.91. The van der Waals surface area contributed by atoms with Crippen molar-refractivity contribution in [2.75, 3.05) is 31.7 Å². The monoisotopic (exact) mass is 439 g/mol. The van der Waals surface area contributed by atoms with Gasteiger partial charge in [-0.1, -0.05) is 0 Å². The first-order chi connectivity index (χ1) is 15.2. The van der Waals surface area contributed by atoms with E-state index in [1.54, 1.807) is 24.1 Å². The normalized spacial score (nSPS) is 15.2. The van der Waals surface area contributed by atoms with Crippen molar-refractivity contribution in [3.8, 4) is 17.0 Å². The van der Waals surface area contributed by atoms with Crippen LogP contribution >= 0.6 is 0 Å². The fourth-order valence-corrected chi connectivity index (χ4v) is 3.96. The lowest BCUT2D eigenvalue weighted by atomic mass is 10.1. The van der Waals surface area contributed by atoms with Crippen LogP contribution in [0.4, 0.5) is 16.3 Å². The number of piperidine rings is 1. The Bertz CT molecular complexity index is 1140. The number of hydrogen-bond donors (Lipinski definition) is 2. The summed E-state index contributed by atoms with van der Waals surface area (Å²) in [6, 6.07) is 5.46. The van der Waals surface area contributed by atoms with Gasteiger partial charge < -0.3 is 25.8 Å². The average Bonchev–Trinajstić information content (AvgIpc) is 3.13. The number of likely N-dealkylation sites (tertiary alicyclic amines) is 1. The van der Waals surface area contributed by atoms with E-state index in [0.29, 0.717) is 47.1 Å². The Hall–Kier alpha value is -3.56. The third-order valence-corrected chi connectivity index (χ3v) is 5.46. The van der Waals surface area contributed by atoms with E-state index in [0.717, 1.165) is 18.4 Å². The van der Waals surface area contributed by atoms with Crippen molar-refractivity contribution < 1.29 is 14.3 Å². The number of anilines is 2. The molecule has 10 heteroatoms. The lowest BCUT2D eigenvalue weighted by molar-refractivity contribution is 0.0186. The number of carbonyl (C=O) groups is 1. The highest BCUT2D eigenvalue weighted by Gasteiger charge is 2.30. The topological polar surface area (TPSA) is 134 Å². The molecular formula is C22H29N7O3. The van der Waals surface area contributed by atoms with E-state index in [1.165, 1.54) is 6.33 Å². The maximum absolute atomic E-state index is 12.4. The first-order valence-electron chi connectivity index (χ1n) is 10.6. The zero-order valence-corrected chi connectivity index (χ0v) is 18.8. The summed E-state index contributed by atoms with van der Waals surface area (Å²) >= 11 is 0. The number of carbonyl (C=O) groups excluding carboxylic acids is 1. The molecule has 1 fully saturated rings. The number of methoxy groups -OCH3 is 1.